The Morgan fingerprint density at radius 1 is 1.29 bits per heavy atom. The summed E-state index contributed by atoms with van der Waals surface area (Å²) in [4.78, 5) is 10.6. The van der Waals surface area contributed by atoms with Crippen molar-refractivity contribution in [1.82, 2.24) is 0 Å². The minimum atomic E-state index is -4.56. The van der Waals surface area contributed by atoms with Gasteiger partial charge in [0, 0.05) is 0 Å². The average Bonchev–Trinajstić information content (AvgIpc) is 2.54. The second-order valence-corrected chi connectivity index (χ2v) is 3.29. The lowest BCUT2D eigenvalue weighted by atomic mass is 10.1. The maximum Gasteiger partial charge on any atom is 0.416 e. The topological polar surface area (TPSA) is 70.7 Å². The first-order chi connectivity index (χ1) is 7.80. The molecule has 0 aliphatic carbocycles. The van der Waals surface area contributed by atoms with Crippen molar-refractivity contribution in [2.75, 3.05) is 0 Å². The van der Waals surface area contributed by atoms with E-state index in [2.05, 4.69) is 4.42 Å². The summed E-state index contributed by atoms with van der Waals surface area (Å²) in [6, 6.07) is 2.34. The highest BCUT2D eigenvalue weighted by Crippen LogP contribution is 2.36. The molecule has 0 atom stereocenters. The maximum absolute atomic E-state index is 12.4. The Hall–Kier alpha value is -2.18. The molecule has 7 heteroatoms. The molecule has 0 spiro atoms. The Morgan fingerprint density at radius 3 is 2.47 bits per heavy atom. The molecule has 4 nitrogen and oxygen atoms in total. The Bertz CT molecular complexity index is 597. The van der Waals surface area contributed by atoms with Gasteiger partial charge in [0.1, 0.15) is 5.58 Å². The zero-order valence-corrected chi connectivity index (χ0v) is 8.08. The van der Waals surface area contributed by atoms with Gasteiger partial charge in [-0.2, -0.15) is 13.2 Å². The number of alkyl halides is 3. The number of hydrogen-bond acceptors (Lipinski definition) is 3. The third-order valence-corrected chi connectivity index (χ3v) is 2.19. The van der Waals surface area contributed by atoms with Crippen LogP contribution in [0.2, 0.25) is 0 Å². The molecule has 0 radical (unpaired) electrons. The molecule has 0 fully saturated rings. The van der Waals surface area contributed by atoms with Gasteiger partial charge in [0.05, 0.1) is 10.9 Å². The molecule has 2 N–H and O–H groups in total. The molecule has 0 aliphatic heterocycles. The fourth-order valence-electron chi connectivity index (χ4n) is 1.40. The molecule has 0 saturated carbocycles. The summed E-state index contributed by atoms with van der Waals surface area (Å²) < 4.78 is 41.7. The predicted octanol–water partition coefficient (Wildman–Crippen LogP) is 2.86. The van der Waals surface area contributed by atoms with Crippen LogP contribution in [0, 0.1) is 0 Å². The zero-order chi connectivity index (χ0) is 12.8. The molecular formula is C10H5F3O4. The Morgan fingerprint density at radius 2 is 1.94 bits per heavy atom. The van der Waals surface area contributed by atoms with Crippen LogP contribution in [0.15, 0.2) is 22.6 Å². The van der Waals surface area contributed by atoms with Gasteiger partial charge in [0.2, 0.25) is 0 Å². The molecule has 2 rings (SSSR count). The van der Waals surface area contributed by atoms with Crippen LogP contribution in [0.4, 0.5) is 13.2 Å². The van der Waals surface area contributed by atoms with Crippen LogP contribution in [-0.4, -0.2) is 16.2 Å². The van der Waals surface area contributed by atoms with E-state index >= 15 is 0 Å². The minimum absolute atomic E-state index is 0.0737. The molecule has 1 aromatic carbocycles. The van der Waals surface area contributed by atoms with Crippen LogP contribution in [-0.2, 0) is 6.18 Å². The van der Waals surface area contributed by atoms with E-state index in [1.165, 1.54) is 0 Å². The quantitative estimate of drug-likeness (QED) is 0.811. The zero-order valence-electron chi connectivity index (χ0n) is 8.08. The van der Waals surface area contributed by atoms with Crippen molar-refractivity contribution in [3.8, 4) is 5.75 Å². The summed E-state index contributed by atoms with van der Waals surface area (Å²) in [5, 5.41) is 17.9. The van der Waals surface area contributed by atoms with Crippen molar-refractivity contribution in [2.24, 2.45) is 0 Å². The number of benzene rings is 1. The van der Waals surface area contributed by atoms with Gasteiger partial charge in [-0.3, -0.25) is 0 Å². The van der Waals surface area contributed by atoms with Crippen LogP contribution < -0.4 is 0 Å². The van der Waals surface area contributed by atoms with Crippen LogP contribution in [0.1, 0.15) is 16.1 Å². The molecule has 17 heavy (non-hydrogen) atoms. The lowest BCUT2D eigenvalue weighted by Crippen LogP contribution is -2.03. The van der Waals surface area contributed by atoms with E-state index in [4.69, 9.17) is 5.11 Å². The summed E-state index contributed by atoms with van der Waals surface area (Å²) in [6.07, 6.45) is -4.56. The van der Waals surface area contributed by atoms with E-state index in [0.29, 0.717) is 6.07 Å². The number of carboxylic acids is 1. The third kappa shape index (κ3) is 1.79. The van der Waals surface area contributed by atoms with Crippen LogP contribution in [0.5, 0.6) is 5.75 Å². The lowest BCUT2D eigenvalue weighted by Gasteiger charge is -2.04. The van der Waals surface area contributed by atoms with Gasteiger partial charge in [0.15, 0.2) is 5.75 Å². The Kier molecular flexibility index (Phi) is 2.27. The molecule has 0 aliphatic rings. The maximum atomic E-state index is 12.4. The smallest absolute Gasteiger partial charge is 0.416 e. The highest BCUT2D eigenvalue weighted by atomic mass is 19.4. The van der Waals surface area contributed by atoms with Crippen molar-refractivity contribution in [2.45, 2.75) is 6.18 Å². The Labute approximate surface area is 91.9 Å². The second kappa shape index (κ2) is 3.41. The van der Waals surface area contributed by atoms with Crippen molar-refractivity contribution in [1.29, 1.82) is 0 Å². The largest absolute Gasteiger partial charge is 0.504 e. The molecule has 0 bridgehead atoms. The fourth-order valence-corrected chi connectivity index (χ4v) is 1.40. The van der Waals surface area contributed by atoms with Crippen molar-refractivity contribution in [3.63, 3.8) is 0 Å². The van der Waals surface area contributed by atoms with Gasteiger partial charge in [-0.1, -0.05) is 0 Å². The molecule has 0 unspecified atom stereocenters. The van der Waals surface area contributed by atoms with Gasteiger partial charge in [-0.15, -0.1) is 0 Å². The van der Waals surface area contributed by atoms with Crippen molar-refractivity contribution >= 4 is 16.9 Å². The summed E-state index contributed by atoms with van der Waals surface area (Å²) in [7, 11) is 0. The van der Waals surface area contributed by atoms with E-state index in [1.807, 2.05) is 0 Å². The highest BCUT2D eigenvalue weighted by molar-refractivity contribution is 5.97. The standard InChI is InChI=1S/C10H5F3O4/c11-10(12,13)4-1-2-5-6(3-4)17-8(7(5)14)9(15)16/h1-3,14H,(H,15,16). The number of halogens is 3. The summed E-state index contributed by atoms with van der Waals surface area (Å²) in [5.41, 5.74) is -1.30. The molecule has 2 aromatic rings. The van der Waals surface area contributed by atoms with Crippen molar-refractivity contribution < 1.29 is 32.6 Å². The van der Waals surface area contributed by atoms with Gasteiger partial charge in [0.25, 0.3) is 5.76 Å². The van der Waals surface area contributed by atoms with Gasteiger partial charge >= 0.3 is 12.1 Å². The normalized spacial score (nSPS) is 11.9. The molecular weight excluding hydrogens is 241 g/mol. The number of hydrogen-bond donors (Lipinski definition) is 2. The number of furan rings is 1. The first kappa shape index (κ1) is 11.3. The van der Waals surface area contributed by atoms with Crippen LogP contribution >= 0.6 is 0 Å². The van der Waals surface area contributed by atoms with Gasteiger partial charge in [-0.05, 0) is 18.2 Å². The van der Waals surface area contributed by atoms with Crippen LogP contribution in [0.3, 0.4) is 0 Å². The second-order valence-electron chi connectivity index (χ2n) is 3.29. The van der Waals surface area contributed by atoms with E-state index < -0.39 is 29.2 Å². The number of aromatic carboxylic acids is 1. The van der Waals surface area contributed by atoms with Gasteiger partial charge in [-0.25, -0.2) is 4.79 Å². The van der Waals surface area contributed by atoms with E-state index in [-0.39, 0.29) is 11.0 Å². The Balaban J connectivity index is 2.68. The minimum Gasteiger partial charge on any atom is -0.504 e. The first-order valence-corrected chi connectivity index (χ1v) is 4.36. The number of aromatic hydroxyl groups is 1. The number of fused-ring (bicyclic) bond motifs is 1. The van der Waals surface area contributed by atoms with E-state index in [1.54, 1.807) is 0 Å². The molecule has 0 saturated heterocycles. The van der Waals surface area contributed by atoms with E-state index in [9.17, 15) is 23.1 Å². The monoisotopic (exact) mass is 246 g/mol. The fraction of sp³-hybridized carbons (Fsp3) is 0.100. The van der Waals surface area contributed by atoms with Crippen molar-refractivity contribution in [3.05, 3.63) is 29.5 Å². The molecule has 1 heterocycles. The van der Waals surface area contributed by atoms with Gasteiger partial charge < -0.3 is 14.6 Å². The molecule has 1 aromatic heterocycles. The average molecular weight is 246 g/mol. The first-order valence-electron chi connectivity index (χ1n) is 4.36. The molecule has 90 valence electrons. The lowest BCUT2D eigenvalue weighted by molar-refractivity contribution is -0.137. The van der Waals surface area contributed by atoms with Crippen LogP contribution in [0.25, 0.3) is 11.0 Å². The SMILES string of the molecule is O=C(O)c1oc2cc(C(F)(F)F)ccc2c1O. The number of rotatable bonds is 1. The molecule has 0 amide bonds. The summed E-state index contributed by atoms with van der Waals surface area (Å²) in [5.74, 6) is -3.01. The summed E-state index contributed by atoms with van der Waals surface area (Å²) >= 11 is 0. The number of carboxylic acid groups (broad SMARTS) is 1. The highest BCUT2D eigenvalue weighted by Gasteiger charge is 2.31. The predicted molar refractivity (Wildman–Crippen MR) is 49.8 cm³/mol. The number of carbonyl (C=O) groups is 1. The van der Waals surface area contributed by atoms with E-state index in [0.717, 1.165) is 12.1 Å². The summed E-state index contributed by atoms with van der Waals surface area (Å²) in [6.45, 7) is 0. The third-order valence-electron chi connectivity index (χ3n) is 2.19.